The Bertz CT molecular complexity index is 1260. The first-order valence-corrected chi connectivity index (χ1v) is 11.9. The Morgan fingerprint density at radius 3 is 2.64 bits per heavy atom. The summed E-state index contributed by atoms with van der Waals surface area (Å²) in [6.45, 7) is 2.61. The molecule has 1 spiro atoms. The number of thiazole rings is 1. The summed E-state index contributed by atoms with van der Waals surface area (Å²) in [5.74, 6) is -1.56. The SMILES string of the molecule is Cc1nc2sccn2c1C(=O)N1CCC2(CC1)OC1CCC(c3cc(F)cc(F)c3)N1C2=O. The van der Waals surface area contributed by atoms with Gasteiger partial charge in [-0.05, 0) is 37.5 Å². The molecule has 172 valence electrons. The van der Waals surface area contributed by atoms with Gasteiger partial charge in [-0.15, -0.1) is 11.3 Å². The van der Waals surface area contributed by atoms with E-state index < -0.39 is 29.5 Å². The number of aryl methyl sites for hydroxylation is 1. The zero-order valence-corrected chi connectivity index (χ0v) is 18.8. The minimum atomic E-state index is -0.990. The number of imidazole rings is 1. The molecule has 7 nitrogen and oxygen atoms in total. The smallest absolute Gasteiger partial charge is 0.272 e. The van der Waals surface area contributed by atoms with E-state index in [-0.39, 0.29) is 11.8 Å². The highest BCUT2D eigenvalue weighted by molar-refractivity contribution is 7.15. The van der Waals surface area contributed by atoms with E-state index in [1.165, 1.54) is 23.5 Å². The molecule has 33 heavy (non-hydrogen) atoms. The van der Waals surface area contributed by atoms with Crippen LogP contribution in [-0.2, 0) is 9.53 Å². The molecule has 5 heterocycles. The van der Waals surface area contributed by atoms with Crippen LogP contribution in [0.2, 0.25) is 0 Å². The van der Waals surface area contributed by atoms with Crippen molar-refractivity contribution in [3.8, 4) is 0 Å². The summed E-state index contributed by atoms with van der Waals surface area (Å²) in [7, 11) is 0. The van der Waals surface area contributed by atoms with Gasteiger partial charge in [0.25, 0.3) is 11.8 Å². The molecule has 0 aliphatic carbocycles. The van der Waals surface area contributed by atoms with Crippen molar-refractivity contribution in [1.82, 2.24) is 19.2 Å². The minimum Gasteiger partial charge on any atom is -0.342 e. The molecule has 3 saturated heterocycles. The van der Waals surface area contributed by atoms with Gasteiger partial charge in [0.15, 0.2) is 10.6 Å². The van der Waals surface area contributed by atoms with E-state index in [1.54, 1.807) is 9.80 Å². The summed E-state index contributed by atoms with van der Waals surface area (Å²) in [4.78, 5) is 35.4. The van der Waals surface area contributed by atoms with Crippen molar-refractivity contribution in [3.63, 3.8) is 0 Å². The van der Waals surface area contributed by atoms with Crippen LogP contribution >= 0.6 is 11.3 Å². The van der Waals surface area contributed by atoms with E-state index in [1.807, 2.05) is 22.9 Å². The first-order chi connectivity index (χ1) is 15.9. The van der Waals surface area contributed by atoms with Gasteiger partial charge in [-0.25, -0.2) is 13.8 Å². The standard InChI is InChI=1S/C23H22F2N4O3S/c1-13-19(28-8-9-33-22(28)26-13)20(30)27-6-4-23(5-7-27)21(31)29-17(2-3-18(29)32-23)14-10-15(24)12-16(25)11-14/h8-12,17-18H,2-7H2,1H3. The number of nitrogens with zero attached hydrogens (tertiary/aromatic N) is 4. The predicted octanol–water partition coefficient (Wildman–Crippen LogP) is 3.68. The predicted molar refractivity (Wildman–Crippen MR) is 116 cm³/mol. The molecule has 3 aromatic rings. The molecule has 0 bridgehead atoms. The lowest BCUT2D eigenvalue weighted by Crippen LogP contribution is -2.51. The summed E-state index contributed by atoms with van der Waals surface area (Å²) in [6.07, 6.45) is 3.42. The number of piperidine rings is 1. The molecule has 2 atom stereocenters. The third-order valence-corrected chi connectivity index (χ3v) is 7.84. The zero-order chi connectivity index (χ0) is 22.9. The van der Waals surface area contributed by atoms with Gasteiger partial charge in [0, 0.05) is 43.6 Å². The quantitative estimate of drug-likeness (QED) is 0.571. The van der Waals surface area contributed by atoms with Gasteiger partial charge in [0.2, 0.25) is 0 Å². The molecular formula is C23H22F2N4O3S. The van der Waals surface area contributed by atoms with E-state index in [0.717, 1.165) is 11.0 Å². The number of hydrogen-bond donors (Lipinski definition) is 0. The Morgan fingerprint density at radius 1 is 1.18 bits per heavy atom. The molecule has 0 N–H and O–H groups in total. The van der Waals surface area contributed by atoms with E-state index in [4.69, 9.17) is 4.74 Å². The number of hydrogen-bond acceptors (Lipinski definition) is 5. The van der Waals surface area contributed by atoms with Gasteiger partial charge in [0.05, 0.1) is 11.7 Å². The average molecular weight is 473 g/mol. The van der Waals surface area contributed by atoms with Crippen molar-refractivity contribution in [2.24, 2.45) is 0 Å². The van der Waals surface area contributed by atoms with Crippen molar-refractivity contribution in [2.75, 3.05) is 13.1 Å². The molecule has 2 amide bonds. The highest BCUT2D eigenvalue weighted by atomic mass is 32.1. The number of aromatic nitrogens is 2. The van der Waals surface area contributed by atoms with Gasteiger partial charge in [-0.3, -0.25) is 14.0 Å². The molecule has 0 radical (unpaired) electrons. The Kier molecular flexibility index (Phi) is 4.60. The molecule has 2 unspecified atom stereocenters. The fourth-order valence-electron chi connectivity index (χ4n) is 5.51. The Balaban J connectivity index is 1.21. The van der Waals surface area contributed by atoms with Crippen molar-refractivity contribution in [2.45, 2.75) is 50.5 Å². The minimum absolute atomic E-state index is 0.104. The normalized spacial score (nSPS) is 24.3. The van der Waals surface area contributed by atoms with E-state index >= 15 is 0 Å². The van der Waals surface area contributed by atoms with Crippen molar-refractivity contribution < 1.29 is 23.1 Å². The van der Waals surface area contributed by atoms with Crippen LogP contribution in [0.1, 0.15) is 53.5 Å². The number of amides is 2. The molecule has 6 rings (SSSR count). The molecule has 3 fully saturated rings. The van der Waals surface area contributed by atoms with Gasteiger partial charge in [-0.1, -0.05) is 0 Å². The maximum absolute atomic E-state index is 13.8. The van der Waals surface area contributed by atoms with Gasteiger partial charge in [0.1, 0.15) is 23.6 Å². The first-order valence-electron chi connectivity index (χ1n) is 11.0. The highest BCUT2D eigenvalue weighted by Gasteiger charge is 2.58. The Morgan fingerprint density at radius 2 is 1.91 bits per heavy atom. The van der Waals surface area contributed by atoms with Gasteiger partial charge >= 0.3 is 0 Å². The third-order valence-electron chi connectivity index (χ3n) is 7.09. The monoisotopic (exact) mass is 472 g/mol. The summed E-state index contributed by atoms with van der Waals surface area (Å²) in [5, 5.41) is 1.89. The highest BCUT2D eigenvalue weighted by Crippen LogP contribution is 2.47. The van der Waals surface area contributed by atoms with E-state index in [2.05, 4.69) is 4.98 Å². The van der Waals surface area contributed by atoms with Crippen LogP contribution in [0.5, 0.6) is 0 Å². The summed E-state index contributed by atoms with van der Waals surface area (Å²) < 4.78 is 35.7. The average Bonchev–Trinajstić information content (AvgIpc) is 3.51. The topological polar surface area (TPSA) is 67.2 Å². The largest absolute Gasteiger partial charge is 0.342 e. The Hall–Kier alpha value is -2.85. The molecule has 3 aliphatic heterocycles. The zero-order valence-electron chi connectivity index (χ0n) is 18.0. The number of ether oxygens (including phenoxy) is 1. The maximum atomic E-state index is 13.8. The second-order valence-corrected chi connectivity index (χ2v) is 9.84. The lowest BCUT2D eigenvalue weighted by atomic mass is 9.89. The maximum Gasteiger partial charge on any atom is 0.272 e. The van der Waals surface area contributed by atoms with Crippen molar-refractivity contribution in [1.29, 1.82) is 0 Å². The van der Waals surface area contributed by atoms with Crippen LogP contribution < -0.4 is 0 Å². The Labute approximate surface area is 192 Å². The second-order valence-electron chi connectivity index (χ2n) is 8.97. The van der Waals surface area contributed by atoms with Crippen LogP contribution in [0.15, 0.2) is 29.8 Å². The van der Waals surface area contributed by atoms with Crippen LogP contribution in [0, 0.1) is 18.6 Å². The number of fused-ring (bicyclic) bond motifs is 2. The molecule has 3 aliphatic rings. The third kappa shape index (κ3) is 3.11. The van der Waals surface area contributed by atoms with Crippen molar-refractivity contribution in [3.05, 3.63) is 58.4 Å². The number of carbonyl (C=O) groups excluding carboxylic acids is 2. The molecule has 1 aromatic carbocycles. The van der Waals surface area contributed by atoms with Gasteiger partial charge in [-0.2, -0.15) is 0 Å². The molecular weight excluding hydrogens is 450 g/mol. The number of likely N-dealkylation sites (tertiary alicyclic amines) is 1. The summed E-state index contributed by atoms with van der Waals surface area (Å²) >= 11 is 1.48. The van der Waals surface area contributed by atoms with Crippen LogP contribution in [0.4, 0.5) is 8.78 Å². The number of carbonyl (C=O) groups is 2. The van der Waals surface area contributed by atoms with Crippen molar-refractivity contribution >= 4 is 28.1 Å². The number of halogens is 2. The first kappa shape index (κ1) is 20.7. The van der Waals surface area contributed by atoms with E-state index in [0.29, 0.717) is 55.7 Å². The number of rotatable bonds is 2. The van der Waals surface area contributed by atoms with Crippen LogP contribution in [0.25, 0.3) is 4.96 Å². The lowest BCUT2D eigenvalue weighted by molar-refractivity contribution is -0.142. The van der Waals surface area contributed by atoms with E-state index in [9.17, 15) is 18.4 Å². The molecule has 0 saturated carbocycles. The fourth-order valence-corrected chi connectivity index (χ4v) is 6.27. The van der Waals surface area contributed by atoms with Crippen LogP contribution in [-0.4, -0.2) is 55.9 Å². The second kappa shape index (κ2) is 7.33. The van der Waals surface area contributed by atoms with Gasteiger partial charge < -0.3 is 14.5 Å². The summed E-state index contributed by atoms with van der Waals surface area (Å²) in [5.41, 5.74) is 0.698. The molecule has 10 heteroatoms. The van der Waals surface area contributed by atoms with Crippen LogP contribution in [0.3, 0.4) is 0 Å². The lowest BCUT2D eigenvalue weighted by Gasteiger charge is -2.37. The fraction of sp³-hybridized carbons (Fsp3) is 0.435. The molecule has 2 aromatic heterocycles. The summed E-state index contributed by atoms with van der Waals surface area (Å²) in [6, 6.07) is 3.00. The number of benzene rings is 1.